The maximum absolute atomic E-state index is 12.1. The average Bonchev–Trinajstić information content (AvgIpc) is 2.69. The minimum absolute atomic E-state index is 0.0287. The number of allylic oxidation sites excluding steroid dienone is 1. The maximum Gasteiger partial charge on any atom is 0.324 e. The maximum atomic E-state index is 12.1. The smallest absolute Gasteiger partial charge is 0.324 e. The first-order valence-electron chi connectivity index (χ1n) is 5.76. The summed E-state index contributed by atoms with van der Waals surface area (Å²) in [6, 6.07) is 7.50. The molecule has 0 radical (unpaired) electrons. The van der Waals surface area contributed by atoms with Gasteiger partial charge in [0.1, 0.15) is 0 Å². The predicted molar refractivity (Wildman–Crippen MR) is 70.0 cm³/mol. The van der Waals surface area contributed by atoms with E-state index in [1.165, 1.54) is 0 Å². The number of carbonyl (C=O) groups is 1. The van der Waals surface area contributed by atoms with Gasteiger partial charge in [0.05, 0.1) is 11.4 Å². The van der Waals surface area contributed by atoms with Crippen molar-refractivity contribution in [1.82, 2.24) is 4.90 Å². The molecule has 17 heavy (non-hydrogen) atoms. The Balaban J connectivity index is 2.15. The van der Waals surface area contributed by atoms with Gasteiger partial charge in [-0.2, -0.15) is 0 Å². The van der Waals surface area contributed by atoms with Crippen molar-refractivity contribution in [1.29, 1.82) is 0 Å². The summed E-state index contributed by atoms with van der Waals surface area (Å²) in [5.41, 5.74) is 7.33. The molecule has 0 saturated carbocycles. The van der Waals surface area contributed by atoms with Gasteiger partial charge in [-0.25, -0.2) is 4.79 Å². The van der Waals surface area contributed by atoms with E-state index < -0.39 is 0 Å². The lowest BCUT2D eigenvalue weighted by Gasteiger charge is -2.19. The topological polar surface area (TPSA) is 49.6 Å². The Morgan fingerprint density at radius 2 is 2.12 bits per heavy atom. The van der Waals surface area contributed by atoms with Crippen molar-refractivity contribution in [2.24, 2.45) is 0 Å². The monoisotopic (exact) mass is 231 g/mol. The SMILES string of the molecule is C/C=C/CN1CCN(c2ccccc2N)C1=O. The molecule has 1 heterocycles. The summed E-state index contributed by atoms with van der Waals surface area (Å²) in [7, 11) is 0. The van der Waals surface area contributed by atoms with Gasteiger partial charge in [0, 0.05) is 19.6 Å². The summed E-state index contributed by atoms with van der Waals surface area (Å²) in [5, 5.41) is 0. The Morgan fingerprint density at radius 1 is 1.35 bits per heavy atom. The third kappa shape index (κ3) is 2.25. The van der Waals surface area contributed by atoms with Crippen LogP contribution in [0.15, 0.2) is 36.4 Å². The number of rotatable bonds is 3. The van der Waals surface area contributed by atoms with E-state index in [-0.39, 0.29) is 6.03 Å². The lowest BCUT2D eigenvalue weighted by Crippen LogP contribution is -2.32. The van der Waals surface area contributed by atoms with Gasteiger partial charge < -0.3 is 10.6 Å². The van der Waals surface area contributed by atoms with Crippen LogP contribution in [-0.4, -0.2) is 30.6 Å². The number of benzene rings is 1. The van der Waals surface area contributed by atoms with Crippen LogP contribution in [0.25, 0.3) is 0 Å². The van der Waals surface area contributed by atoms with E-state index in [1.54, 1.807) is 4.90 Å². The lowest BCUT2D eigenvalue weighted by atomic mass is 10.2. The third-order valence-electron chi connectivity index (χ3n) is 2.88. The summed E-state index contributed by atoms with van der Waals surface area (Å²) in [5.74, 6) is 0. The Kier molecular flexibility index (Phi) is 3.32. The quantitative estimate of drug-likeness (QED) is 0.639. The van der Waals surface area contributed by atoms with Gasteiger partial charge in [-0.05, 0) is 19.1 Å². The summed E-state index contributed by atoms with van der Waals surface area (Å²) >= 11 is 0. The molecular weight excluding hydrogens is 214 g/mol. The van der Waals surface area contributed by atoms with E-state index in [0.29, 0.717) is 18.8 Å². The number of nitrogens with zero attached hydrogens (tertiary/aromatic N) is 2. The number of carbonyl (C=O) groups excluding carboxylic acids is 1. The zero-order valence-corrected chi connectivity index (χ0v) is 9.97. The normalized spacial score (nSPS) is 16.2. The summed E-state index contributed by atoms with van der Waals surface area (Å²) < 4.78 is 0. The first kappa shape index (κ1) is 11.5. The number of nitrogen functional groups attached to an aromatic ring is 1. The van der Waals surface area contributed by atoms with Gasteiger partial charge in [0.2, 0.25) is 0 Å². The molecule has 4 heteroatoms. The average molecular weight is 231 g/mol. The molecule has 0 atom stereocenters. The van der Waals surface area contributed by atoms with Crippen LogP contribution in [-0.2, 0) is 0 Å². The van der Waals surface area contributed by atoms with Crippen molar-refractivity contribution >= 4 is 17.4 Å². The molecule has 4 nitrogen and oxygen atoms in total. The second-order valence-corrected chi connectivity index (χ2v) is 4.01. The Morgan fingerprint density at radius 3 is 2.82 bits per heavy atom. The second-order valence-electron chi connectivity index (χ2n) is 4.01. The summed E-state index contributed by atoms with van der Waals surface area (Å²) in [6.45, 7) is 4.06. The third-order valence-corrected chi connectivity index (χ3v) is 2.88. The molecule has 0 aromatic heterocycles. The first-order valence-corrected chi connectivity index (χ1v) is 5.76. The molecule has 0 aliphatic carbocycles. The van der Waals surface area contributed by atoms with Crippen molar-refractivity contribution in [3.05, 3.63) is 36.4 Å². The number of nitrogens with two attached hydrogens (primary N) is 1. The summed E-state index contributed by atoms with van der Waals surface area (Å²) in [4.78, 5) is 15.7. The highest BCUT2D eigenvalue weighted by Crippen LogP contribution is 2.26. The standard InChI is InChI=1S/C13H17N3O/c1-2-3-8-15-9-10-16(13(15)17)12-7-5-4-6-11(12)14/h2-7H,8-10,14H2,1H3/b3-2+. The van der Waals surface area contributed by atoms with Gasteiger partial charge in [0.25, 0.3) is 0 Å². The number of para-hydroxylation sites is 2. The minimum Gasteiger partial charge on any atom is -0.397 e. The van der Waals surface area contributed by atoms with Gasteiger partial charge >= 0.3 is 6.03 Å². The molecule has 1 aliphatic heterocycles. The van der Waals surface area contributed by atoms with E-state index in [9.17, 15) is 4.79 Å². The number of amides is 2. The van der Waals surface area contributed by atoms with E-state index in [1.807, 2.05) is 48.2 Å². The molecule has 1 aromatic carbocycles. The molecule has 1 aliphatic rings. The van der Waals surface area contributed by atoms with Gasteiger partial charge in [-0.3, -0.25) is 4.90 Å². The number of hydrogen-bond acceptors (Lipinski definition) is 2. The van der Waals surface area contributed by atoms with Crippen molar-refractivity contribution in [3.8, 4) is 0 Å². The van der Waals surface area contributed by atoms with E-state index in [2.05, 4.69) is 0 Å². The highest BCUT2D eigenvalue weighted by atomic mass is 16.2. The molecule has 1 fully saturated rings. The van der Waals surface area contributed by atoms with E-state index in [4.69, 9.17) is 5.73 Å². The predicted octanol–water partition coefficient (Wildman–Crippen LogP) is 2.09. The Hall–Kier alpha value is -1.97. The molecular formula is C13H17N3O. The number of hydrogen-bond donors (Lipinski definition) is 1. The lowest BCUT2D eigenvalue weighted by molar-refractivity contribution is 0.225. The Bertz CT molecular complexity index is 442. The van der Waals surface area contributed by atoms with Crippen molar-refractivity contribution in [3.63, 3.8) is 0 Å². The van der Waals surface area contributed by atoms with Crippen molar-refractivity contribution in [2.75, 3.05) is 30.3 Å². The van der Waals surface area contributed by atoms with Gasteiger partial charge in [-0.15, -0.1) is 0 Å². The Labute approximate surface area is 101 Å². The van der Waals surface area contributed by atoms with Crippen molar-refractivity contribution in [2.45, 2.75) is 6.92 Å². The van der Waals surface area contributed by atoms with Gasteiger partial charge in [0.15, 0.2) is 0 Å². The van der Waals surface area contributed by atoms with Gasteiger partial charge in [-0.1, -0.05) is 24.3 Å². The first-order chi connectivity index (χ1) is 8.24. The van der Waals surface area contributed by atoms with Crippen LogP contribution in [0.4, 0.5) is 16.2 Å². The van der Waals surface area contributed by atoms with Crippen LogP contribution in [0.2, 0.25) is 0 Å². The molecule has 0 bridgehead atoms. The fourth-order valence-electron chi connectivity index (χ4n) is 1.94. The highest BCUT2D eigenvalue weighted by Gasteiger charge is 2.29. The van der Waals surface area contributed by atoms with E-state index >= 15 is 0 Å². The zero-order chi connectivity index (χ0) is 12.3. The fraction of sp³-hybridized carbons (Fsp3) is 0.308. The van der Waals surface area contributed by atoms with Crippen LogP contribution in [0.1, 0.15) is 6.92 Å². The van der Waals surface area contributed by atoms with Crippen LogP contribution in [0.5, 0.6) is 0 Å². The zero-order valence-electron chi connectivity index (χ0n) is 9.97. The largest absolute Gasteiger partial charge is 0.397 e. The summed E-state index contributed by atoms with van der Waals surface area (Å²) in [6.07, 6.45) is 3.93. The van der Waals surface area contributed by atoms with Crippen molar-refractivity contribution < 1.29 is 4.79 Å². The highest BCUT2D eigenvalue weighted by molar-refractivity contribution is 5.97. The second kappa shape index (κ2) is 4.91. The van der Waals surface area contributed by atoms with Crippen LogP contribution in [0.3, 0.4) is 0 Å². The molecule has 90 valence electrons. The molecule has 1 aromatic rings. The molecule has 2 rings (SSSR count). The van der Waals surface area contributed by atoms with E-state index in [0.717, 1.165) is 12.2 Å². The fourth-order valence-corrected chi connectivity index (χ4v) is 1.94. The number of urea groups is 1. The molecule has 2 amide bonds. The molecule has 0 unspecified atom stereocenters. The molecule has 2 N–H and O–H groups in total. The van der Waals surface area contributed by atoms with Crippen LogP contribution >= 0.6 is 0 Å². The molecule has 0 spiro atoms. The number of anilines is 2. The van der Waals surface area contributed by atoms with Crippen LogP contribution in [0, 0.1) is 0 Å². The minimum atomic E-state index is 0.0287. The molecule has 1 saturated heterocycles. The van der Waals surface area contributed by atoms with Crippen LogP contribution < -0.4 is 10.6 Å².